The number of rotatable bonds is 7. The quantitative estimate of drug-likeness (QED) is 0.788. The molecule has 1 fully saturated rings. The number of likely N-dealkylation sites (N-methyl/N-ethyl adjacent to an activating group) is 1. The lowest BCUT2D eigenvalue weighted by molar-refractivity contribution is 0.218. The van der Waals surface area contributed by atoms with E-state index in [9.17, 15) is 0 Å². The van der Waals surface area contributed by atoms with E-state index in [1.54, 1.807) is 0 Å². The zero-order valence-corrected chi connectivity index (χ0v) is 14.1. The number of benzene rings is 1. The van der Waals surface area contributed by atoms with Crippen LogP contribution < -0.4 is 10.1 Å². The predicted molar refractivity (Wildman–Crippen MR) is 90.2 cm³/mol. The van der Waals surface area contributed by atoms with Gasteiger partial charge in [0.25, 0.3) is 0 Å². The number of hydrogen-bond acceptors (Lipinski definition) is 2. The van der Waals surface area contributed by atoms with Crippen molar-refractivity contribution in [1.29, 1.82) is 0 Å². The summed E-state index contributed by atoms with van der Waals surface area (Å²) >= 11 is 0. The van der Waals surface area contributed by atoms with Crippen LogP contribution in [0.4, 0.5) is 0 Å². The SMILES string of the molecule is CCNC(COc1cc(C(C)C)ccc1C)C1CCCC1. The summed E-state index contributed by atoms with van der Waals surface area (Å²) in [5, 5.41) is 3.63. The van der Waals surface area contributed by atoms with Gasteiger partial charge in [0.1, 0.15) is 12.4 Å². The minimum atomic E-state index is 0.500. The molecule has 2 rings (SSSR count). The van der Waals surface area contributed by atoms with E-state index in [0.717, 1.165) is 24.8 Å². The molecule has 2 heteroatoms. The van der Waals surface area contributed by atoms with Crippen molar-refractivity contribution in [2.45, 2.75) is 65.3 Å². The van der Waals surface area contributed by atoms with Crippen molar-refractivity contribution in [2.24, 2.45) is 5.92 Å². The molecular weight excluding hydrogens is 258 g/mol. The Hall–Kier alpha value is -1.02. The van der Waals surface area contributed by atoms with E-state index in [1.807, 2.05) is 0 Å². The zero-order valence-electron chi connectivity index (χ0n) is 14.1. The molecule has 118 valence electrons. The average Bonchev–Trinajstić information content (AvgIpc) is 2.98. The van der Waals surface area contributed by atoms with Gasteiger partial charge in [-0.05, 0) is 55.3 Å². The Morgan fingerprint density at radius 3 is 2.57 bits per heavy atom. The van der Waals surface area contributed by atoms with Gasteiger partial charge in [-0.25, -0.2) is 0 Å². The van der Waals surface area contributed by atoms with E-state index < -0.39 is 0 Å². The first-order valence-electron chi connectivity index (χ1n) is 8.58. The van der Waals surface area contributed by atoms with Gasteiger partial charge in [-0.3, -0.25) is 0 Å². The monoisotopic (exact) mass is 289 g/mol. The maximum atomic E-state index is 6.19. The first kappa shape index (κ1) is 16.4. The number of ether oxygens (including phenoxy) is 1. The molecule has 1 aromatic rings. The molecule has 0 radical (unpaired) electrons. The molecule has 1 aliphatic rings. The second-order valence-corrected chi connectivity index (χ2v) is 6.70. The minimum Gasteiger partial charge on any atom is -0.492 e. The molecule has 21 heavy (non-hydrogen) atoms. The highest BCUT2D eigenvalue weighted by Gasteiger charge is 2.25. The van der Waals surface area contributed by atoms with Crippen LogP contribution in [-0.2, 0) is 0 Å². The third-order valence-electron chi connectivity index (χ3n) is 4.73. The van der Waals surface area contributed by atoms with Gasteiger partial charge in [-0.1, -0.05) is 45.7 Å². The molecule has 0 spiro atoms. The van der Waals surface area contributed by atoms with Crippen LogP contribution in [0.2, 0.25) is 0 Å². The fourth-order valence-electron chi connectivity index (χ4n) is 3.29. The summed E-state index contributed by atoms with van der Waals surface area (Å²) in [4.78, 5) is 0. The van der Waals surface area contributed by atoms with Gasteiger partial charge in [-0.2, -0.15) is 0 Å². The Morgan fingerprint density at radius 1 is 1.24 bits per heavy atom. The van der Waals surface area contributed by atoms with E-state index >= 15 is 0 Å². The number of aryl methyl sites for hydroxylation is 1. The standard InChI is InChI=1S/C19H31NO/c1-5-20-18(16-8-6-7-9-16)13-21-19-12-17(14(2)3)11-10-15(19)4/h10-12,14,16,18,20H,5-9,13H2,1-4H3. The molecule has 1 N–H and O–H groups in total. The van der Waals surface area contributed by atoms with Crippen molar-refractivity contribution in [2.75, 3.05) is 13.2 Å². The highest BCUT2D eigenvalue weighted by atomic mass is 16.5. The summed E-state index contributed by atoms with van der Waals surface area (Å²) in [5.41, 5.74) is 2.59. The summed E-state index contributed by atoms with van der Waals surface area (Å²) in [6.45, 7) is 10.6. The Bertz CT molecular complexity index is 435. The normalized spacial score (nSPS) is 17.4. The first-order valence-corrected chi connectivity index (χ1v) is 8.58. The van der Waals surface area contributed by atoms with Crippen LogP contribution in [0.25, 0.3) is 0 Å². The predicted octanol–water partition coefficient (Wildman–Crippen LogP) is 4.67. The topological polar surface area (TPSA) is 21.3 Å². The number of nitrogens with one attached hydrogen (secondary N) is 1. The van der Waals surface area contributed by atoms with Gasteiger partial charge in [0.2, 0.25) is 0 Å². The Balaban J connectivity index is 2.00. The van der Waals surface area contributed by atoms with Crippen molar-refractivity contribution >= 4 is 0 Å². The molecule has 1 aliphatic carbocycles. The molecule has 1 saturated carbocycles. The number of hydrogen-bond donors (Lipinski definition) is 1. The lowest BCUT2D eigenvalue weighted by atomic mass is 9.98. The summed E-state index contributed by atoms with van der Waals surface area (Å²) in [7, 11) is 0. The fourth-order valence-corrected chi connectivity index (χ4v) is 3.29. The lowest BCUT2D eigenvalue weighted by Crippen LogP contribution is -2.40. The molecule has 0 aromatic heterocycles. The van der Waals surface area contributed by atoms with E-state index in [4.69, 9.17) is 4.74 Å². The minimum absolute atomic E-state index is 0.500. The van der Waals surface area contributed by atoms with E-state index in [2.05, 4.69) is 51.2 Å². The molecule has 1 unspecified atom stereocenters. The van der Waals surface area contributed by atoms with Gasteiger partial charge in [-0.15, -0.1) is 0 Å². The maximum absolute atomic E-state index is 6.19. The van der Waals surface area contributed by atoms with Gasteiger partial charge >= 0.3 is 0 Å². The zero-order chi connectivity index (χ0) is 15.2. The van der Waals surface area contributed by atoms with Crippen molar-refractivity contribution < 1.29 is 4.74 Å². The smallest absolute Gasteiger partial charge is 0.122 e. The Labute approximate surface area is 130 Å². The Kier molecular flexibility index (Phi) is 6.10. The molecule has 2 nitrogen and oxygen atoms in total. The van der Waals surface area contributed by atoms with Gasteiger partial charge in [0, 0.05) is 6.04 Å². The molecule has 0 aliphatic heterocycles. The summed E-state index contributed by atoms with van der Waals surface area (Å²) in [6, 6.07) is 7.12. The van der Waals surface area contributed by atoms with Gasteiger partial charge in [0.05, 0.1) is 0 Å². The van der Waals surface area contributed by atoms with Crippen LogP contribution in [0.3, 0.4) is 0 Å². The van der Waals surface area contributed by atoms with E-state index in [-0.39, 0.29) is 0 Å². The van der Waals surface area contributed by atoms with Crippen molar-refractivity contribution in [3.05, 3.63) is 29.3 Å². The molecule has 0 saturated heterocycles. The van der Waals surface area contributed by atoms with Crippen LogP contribution in [0.1, 0.15) is 63.5 Å². The van der Waals surface area contributed by atoms with E-state index in [0.29, 0.717) is 12.0 Å². The van der Waals surface area contributed by atoms with Crippen LogP contribution >= 0.6 is 0 Å². The third-order valence-corrected chi connectivity index (χ3v) is 4.73. The van der Waals surface area contributed by atoms with Crippen molar-refractivity contribution in [3.8, 4) is 5.75 Å². The fraction of sp³-hybridized carbons (Fsp3) is 0.684. The van der Waals surface area contributed by atoms with Crippen LogP contribution in [-0.4, -0.2) is 19.2 Å². The van der Waals surface area contributed by atoms with Crippen molar-refractivity contribution in [3.63, 3.8) is 0 Å². The highest BCUT2D eigenvalue weighted by molar-refractivity contribution is 5.37. The van der Waals surface area contributed by atoms with Crippen LogP contribution in [0.15, 0.2) is 18.2 Å². The molecule has 0 amide bonds. The summed E-state index contributed by atoms with van der Waals surface area (Å²) in [5.74, 6) is 2.40. The first-order chi connectivity index (χ1) is 10.1. The largest absolute Gasteiger partial charge is 0.492 e. The molecule has 1 atom stereocenters. The molecule has 1 aromatic carbocycles. The van der Waals surface area contributed by atoms with Crippen LogP contribution in [0.5, 0.6) is 5.75 Å². The highest BCUT2D eigenvalue weighted by Crippen LogP contribution is 2.29. The third kappa shape index (κ3) is 4.47. The second kappa shape index (κ2) is 7.84. The average molecular weight is 289 g/mol. The van der Waals surface area contributed by atoms with Crippen molar-refractivity contribution in [1.82, 2.24) is 5.32 Å². The molecular formula is C19H31NO. The van der Waals surface area contributed by atoms with Gasteiger partial charge in [0.15, 0.2) is 0 Å². The molecule has 0 bridgehead atoms. The van der Waals surface area contributed by atoms with Crippen LogP contribution in [0, 0.1) is 12.8 Å². The Morgan fingerprint density at radius 2 is 1.95 bits per heavy atom. The summed E-state index contributed by atoms with van der Waals surface area (Å²) in [6.07, 6.45) is 5.47. The second-order valence-electron chi connectivity index (χ2n) is 6.70. The molecule has 0 heterocycles. The van der Waals surface area contributed by atoms with Gasteiger partial charge < -0.3 is 10.1 Å². The lowest BCUT2D eigenvalue weighted by Gasteiger charge is -2.25. The van der Waals surface area contributed by atoms with E-state index in [1.165, 1.54) is 36.8 Å². The maximum Gasteiger partial charge on any atom is 0.122 e. The summed E-state index contributed by atoms with van der Waals surface area (Å²) < 4.78 is 6.19.